The second kappa shape index (κ2) is 8.58. The largest absolute Gasteiger partial charge is 0.391 e. The number of β-amino-alcohol motifs (C(OH)–C–C–N with tert-alkyl or cyclic N) is 1. The van der Waals surface area contributed by atoms with Crippen molar-refractivity contribution in [3.05, 3.63) is 54.0 Å². The zero-order chi connectivity index (χ0) is 17.5. The number of nitrogens with zero attached hydrogens (tertiary/aromatic N) is 3. The predicted molar refractivity (Wildman–Crippen MR) is 96.6 cm³/mol. The van der Waals surface area contributed by atoms with Gasteiger partial charge in [-0.2, -0.15) is 0 Å². The molecule has 2 aromatic heterocycles. The molecular formula is C19H24N4O2. The van der Waals surface area contributed by atoms with Gasteiger partial charge in [0.2, 0.25) is 0 Å². The summed E-state index contributed by atoms with van der Waals surface area (Å²) in [5.74, 6) is 0.698. The maximum Gasteiger partial charge on any atom is 0.252 e. The monoisotopic (exact) mass is 340 g/mol. The molecule has 132 valence electrons. The summed E-state index contributed by atoms with van der Waals surface area (Å²) in [4.78, 5) is 22.9. The second-order valence-electron chi connectivity index (χ2n) is 6.33. The Kier molecular flexibility index (Phi) is 5.95. The van der Waals surface area contributed by atoms with Crippen molar-refractivity contribution >= 4 is 11.7 Å². The summed E-state index contributed by atoms with van der Waals surface area (Å²) in [7, 11) is 0. The van der Waals surface area contributed by atoms with E-state index in [9.17, 15) is 9.90 Å². The Bertz CT molecular complexity index is 676. The average Bonchev–Trinajstić information content (AvgIpc) is 2.66. The third kappa shape index (κ3) is 5.00. The first kappa shape index (κ1) is 17.4. The summed E-state index contributed by atoms with van der Waals surface area (Å²) in [5, 5.41) is 12.7. The van der Waals surface area contributed by atoms with Gasteiger partial charge in [-0.1, -0.05) is 6.07 Å². The van der Waals surface area contributed by atoms with Crippen LogP contribution in [0.1, 0.15) is 35.3 Å². The first-order valence-corrected chi connectivity index (χ1v) is 8.79. The smallest absolute Gasteiger partial charge is 0.252 e. The lowest BCUT2D eigenvalue weighted by Crippen LogP contribution is -2.38. The molecular weight excluding hydrogens is 316 g/mol. The van der Waals surface area contributed by atoms with Crippen LogP contribution in [0.15, 0.2) is 42.7 Å². The van der Waals surface area contributed by atoms with Gasteiger partial charge in [0.15, 0.2) is 0 Å². The van der Waals surface area contributed by atoms with Crippen molar-refractivity contribution in [2.75, 3.05) is 24.5 Å². The molecule has 0 unspecified atom stereocenters. The fourth-order valence-electron chi connectivity index (χ4n) is 2.99. The van der Waals surface area contributed by atoms with Crippen LogP contribution in [0, 0.1) is 0 Å². The van der Waals surface area contributed by atoms with E-state index in [1.807, 2.05) is 24.3 Å². The molecule has 2 N–H and O–H groups in total. The minimum Gasteiger partial charge on any atom is -0.391 e. The van der Waals surface area contributed by atoms with E-state index in [1.165, 1.54) is 0 Å². The minimum atomic E-state index is -0.294. The van der Waals surface area contributed by atoms with Crippen LogP contribution in [0.3, 0.4) is 0 Å². The highest BCUT2D eigenvalue weighted by Crippen LogP contribution is 2.17. The lowest BCUT2D eigenvalue weighted by Gasteiger charge is -2.30. The van der Waals surface area contributed by atoms with E-state index in [0.29, 0.717) is 18.7 Å². The number of anilines is 1. The highest BCUT2D eigenvalue weighted by atomic mass is 16.3. The number of aliphatic hydroxyl groups excluding tert-OH is 1. The lowest BCUT2D eigenvalue weighted by molar-refractivity contribution is 0.0952. The van der Waals surface area contributed by atoms with Gasteiger partial charge in [0, 0.05) is 37.7 Å². The Morgan fingerprint density at radius 1 is 1.28 bits per heavy atom. The Hall–Kier alpha value is -2.47. The number of nitrogens with one attached hydrogen (secondary N) is 1. The number of pyridine rings is 2. The molecule has 1 fully saturated rings. The summed E-state index contributed by atoms with van der Waals surface area (Å²) < 4.78 is 0. The number of amides is 1. The molecule has 6 nitrogen and oxygen atoms in total. The van der Waals surface area contributed by atoms with Crippen LogP contribution in [-0.4, -0.2) is 46.7 Å². The summed E-state index contributed by atoms with van der Waals surface area (Å²) in [6.07, 6.45) is 6.58. The van der Waals surface area contributed by atoms with Gasteiger partial charge in [-0.05, 0) is 49.9 Å². The van der Waals surface area contributed by atoms with Gasteiger partial charge < -0.3 is 15.3 Å². The third-order valence-electron chi connectivity index (χ3n) is 4.35. The lowest BCUT2D eigenvalue weighted by atomic mass is 10.1. The van der Waals surface area contributed by atoms with E-state index in [2.05, 4.69) is 20.2 Å². The number of carbonyl (C=O) groups is 1. The summed E-state index contributed by atoms with van der Waals surface area (Å²) in [6, 6.07) is 9.49. The second-order valence-corrected chi connectivity index (χ2v) is 6.33. The van der Waals surface area contributed by atoms with Gasteiger partial charge in [-0.3, -0.25) is 9.78 Å². The van der Waals surface area contributed by atoms with Gasteiger partial charge in [0.05, 0.1) is 11.7 Å². The summed E-state index contributed by atoms with van der Waals surface area (Å²) >= 11 is 0. The summed E-state index contributed by atoms with van der Waals surface area (Å²) in [5.41, 5.74) is 1.59. The average molecular weight is 340 g/mol. The van der Waals surface area contributed by atoms with Crippen molar-refractivity contribution in [2.24, 2.45) is 0 Å². The third-order valence-corrected chi connectivity index (χ3v) is 4.35. The van der Waals surface area contributed by atoms with Gasteiger partial charge in [0.25, 0.3) is 5.91 Å². The number of hydrogen-bond donors (Lipinski definition) is 2. The molecule has 6 heteroatoms. The Morgan fingerprint density at radius 3 is 2.92 bits per heavy atom. The number of aryl methyl sites for hydroxylation is 1. The SMILES string of the molecule is O=C(NCCCc1ccccn1)c1ccc(N2CCC[C@H](O)C2)nc1. The molecule has 3 rings (SSSR count). The van der Waals surface area contributed by atoms with Crippen LogP contribution < -0.4 is 10.2 Å². The number of carbonyl (C=O) groups excluding carboxylic acids is 1. The molecule has 25 heavy (non-hydrogen) atoms. The van der Waals surface area contributed by atoms with Crippen molar-refractivity contribution in [1.29, 1.82) is 0 Å². The van der Waals surface area contributed by atoms with Crippen molar-refractivity contribution in [3.63, 3.8) is 0 Å². The molecule has 3 heterocycles. The van der Waals surface area contributed by atoms with Crippen LogP contribution >= 0.6 is 0 Å². The highest BCUT2D eigenvalue weighted by Gasteiger charge is 2.19. The number of aliphatic hydroxyl groups is 1. The molecule has 0 aromatic carbocycles. The first-order chi connectivity index (χ1) is 12.2. The maximum absolute atomic E-state index is 12.2. The Labute approximate surface area is 147 Å². The fraction of sp³-hybridized carbons (Fsp3) is 0.421. The standard InChI is InChI=1S/C19H24N4O2/c24-17-7-4-12-23(14-17)18-9-8-15(13-22-18)19(25)21-11-3-6-16-5-1-2-10-20-16/h1-2,5,8-10,13,17,24H,3-4,6-7,11-12,14H2,(H,21,25)/t17-/m0/s1. The van der Waals surface area contributed by atoms with E-state index in [0.717, 1.165) is 43.7 Å². The molecule has 0 saturated carbocycles. The molecule has 1 amide bonds. The van der Waals surface area contributed by atoms with Gasteiger partial charge in [0.1, 0.15) is 5.82 Å². The van der Waals surface area contributed by atoms with Crippen LogP contribution in [0.4, 0.5) is 5.82 Å². The van der Waals surface area contributed by atoms with Crippen LogP contribution in [0.2, 0.25) is 0 Å². The Balaban J connectivity index is 1.46. The van der Waals surface area contributed by atoms with E-state index in [4.69, 9.17) is 0 Å². The highest BCUT2D eigenvalue weighted by molar-refractivity contribution is 5.94. The van der Waals surface area contributed by atoms with E-state index in [-0.39, 0.29) is 12.0 Å². The molecule has 1 aliphatic rings. The zero-order valence-corrected chi connectivity index (χ0v) is 14.3. The van der Waals surface area contributed by atoms with Crippen molar-refractivity contribution in [3.8, 4) is 0 Å². The molecule has 0 bridgehead atoms. The molecule has 2 aromatic rings. The molecule has 0 radical (unpaired) electrons. The van der Waals surface area contributed by atoms with Crippen molar-refractivity contribution < 1.29 is 9.90 Å². The number of hydrogen-bond acceptors (Lipinski definition) is 5. The predicted octanol–water partition coefficient (Wildman–Crippen LogP) is 1.80. The number of piperidine rings is 1. The molecule has 0 spiro atoms. The molecule has 1 atom stereocenters. The van der Waals surface area contributed by atoms with E-state index in [1.54, 1.807) is 18.5 Å². The number of rotatable bonds is 6. The van der Waals surface area contributed by atoms with Gasteiger partial charge >= 0.3 is 0 Å². The quantitative estimate of drug-likeness (QED) is 0.784. The Morgan fingerprint density at radius 2 is 2.20 bits per heavy atom. The topological polar surface area (TPSA) is 78.4 Å². The van der Waals surface area contributed by atoms with Crippen LogP contribution in [0.5, 0.6) is 0 Å². The van der Waals surface area contributed by atoms with Gasteiger partial charge in [-0.15, -0.1) is 0 Å². The van der Waals surface area contributed by atoms with Crippen LogP contribution in [-0.2, 0) is 6.42 Å². The maximum atomic E-state index is 12.2. The first-order valence-electron chi connectivity index (χ1n) is 8.79. The van der Waals surface area contributed by atoms with E-state index < -0.39 is 0 Å². The molecule has 1 saturated heterocycles. The zero-order valence-electron chi connectivity index (χ0n) is 14.3. The van der Waals surface area contributed by atoms with Gasteiger partial charge in [-0.25, -0.2) is 4.98 Å². The molecule has 1 aliphatic heterocycles. The number of aromatic nitrogens is 2. The fourth-order valence-corrected chi connectivity index (χ4v) is 2.99. The van der Waals surface area contributed by atoms with Crippen LogP contribution in [0.25, 0.3) is 0 Å². The molecule has 0 aliphatic carbocycles. The summed E-state index contributed by atoms with van der Waals surface area (Å²) in [6.45, 7) is 2.10. The van der Waals surface area contributed by atoms with E-state index >= 15 is 0 Å². The minimum absolute atomic E-state index is 0.112. The normalized spacial score (nSPS) is 17.3. The van der Waals surface area contributed by atoms with Crippen molar-refractivity contribution in [2.45, 2.75) is 31.8 Å². The van der Waals surface area contributed by atoms with Crippen molar-refractivity contribution in [1.82, 2.24) is 15.3 Å².